The lowest BCUT2D eigenvalue weighted by molar-refractivity contribution is -0.364. The van der Waals surface area contributed by atoms with E-state index in [9.17, 15) is 0 Å². The first-order chi connectivity index (χ1) is 11.3. The third-order valence-electron chi connectivity index (χ3n) is 3.85. The Morgan fingerprint density at radius 3 is 2.52 bits per heavy atom. The van der Waals surface area contributed by atoms with E-state index in [2.05, 4.69) is 32.1 Å². The molecule has 1 fully saturated rings. The number of aromatic amines is 1. The third kappa shape index (κ3) is 4.22. The van der Waals surface area contributed by atoms with E-state index in [1.54, 1.807) is 0 Å². The molecule has 0 spiro atoms. The zero-order chi connectivity index (χ0) is 15.9. The monoisotopic (exact) mass is 311 g/mol. The van der Waals surface area contributed by atoms with Crippen molar-refractivity contribution in [2.24, 2.45) is 5.10 Å². The van der Waals surface area contributed by atoms with Gasteiger partial charge in [-0.2, -0.15) is 5.10 Å². The van der Waals surface area contributed by atoms with E-state index >= 15 is 0 Å². The first kappa shape index (κ1) is 15.3. The molecule has 2 aromatic rings. The van der Waals surface area contributed by atoms with Crippen LogP contribution in [0.4, 0.5) is 5.82 Å². The van der Waals surface area contributed by atoms with Crippen molar-refractivity contribution in [1.29, 1.82) is 0 Å². The molecule has 0 saturated carbocycles. The number of rotatable bonds is 5. The van der Waals surface area contributed by atoms with E-state index in [0.717, 1.165) is 37.5 Å². The fourth-order valence-corrected chi connectivity index (χ4v) is 2.60. The number of H-pyrrole nitrogens is 1. The van der Waals surface area contributed by atoms with Gasteiger partial charge in [0.1, 0.15) is 18.8 Å². The summed E-state index contributed by atoms with van der Waals surface area (Å²) in [6, 6.07) is 14.2. The molecule has 0 unspecified atom stereocenters. The number of hydrazone groups is 1. The Morgan fingerprint density at radius 2 is 1.87 bits per heavy atom. The molecule has 0 bridgehead atoms. The highest BCUT2D eigenvalue weighted by molar-refractivity contribution is 5.79. The SMILES string of the molecule is CCOc1ccc(C=NN2CCN(c3cccc[nH+]3)CC2)cc1. The molecule has 0 amide bonds. The molecule has 5 nitrogen and oxygen atoms in total. The number of benzene rings is 1. The Kier molecular flexibility index (Phi) is 5.09. The molecular weight excluding hydrogens is 288 g/mol. The van der Waals surface area contributed by atoms with Crippen LogP contribution in [0.1, 0.15) is 12.5 Å². The van der Waals surface area contributed by atoms with E-state index in [1.807, 2.05) is 49.7 Å². The summed E-state index contributed by atoms with van der Waals surface area (Å²) in [5, 5.41) is 6.71. The van der Waals surface area contributed by atoms with Crippen molar-refractivity contribution in [3.8, 4) is 5.75 Å². The molecule has 3 rings (SSSR count). The van der Waals surface area contributed by atoms with Crippen LogP contribution in [0.3, 0.4) is 0 Å². The number of pyridine rings is 1. The van der Waals surface area contributed by atoms with Crippen LogP contribution in [-0.2, 0) is 0 Å². The van der Waals surface area contributed by atoms with Crippen molar-refractivity contribution in [2.45, 2.75) is 6.92 Å². The predicted octanol–water partition coefficient (Wildman–Crippen LogP) is 2.06. The molecule has 1 aromatic carbocycles. The number of hydrogen-bond donors (Lipinski definition) is 0. The van der Waals surface area contributed by atoms with Crippen LogP contribution in [0.15, 0.2) is 53.8 Å². The smallest absolute Gasteiger partial charge is 0.274 e. The maximum atomic E-state index is 5.45. The Hall–Kier alpha value is -2.56. The van der Waals surface area contributed by atoms with E-state index in [1.165, 1.54) is 5.82 Å². The van der Waals surface area contributed by atoms with Gasteiger partial charge in [0.05, 0.1) is 32.1 Å². The highest BCUT2D eigenvalue weighted by atomic mass is 16.5. The van der Waals surface area contributed by atoms with E-state index in [0.29, 0.717) is 6.61 Å². The summed E-state index contributed by atoms with van der Waals surface area (Å²) in [6.45, 7) is 6.48. The minimum absolute atomic E-state index is 0.691. The maximum absolute atomic E-state index is 5.45. The van der Waals surface area contributed by atoms with Gasteiger partial charge in [0, 0.05) is 6.07 Å². The summed E-state index contributed by atoms with van der Waals surface area (Å²) in [6.07, 6.45) is 3.88. The molecule has 5 heteroatoms. The number of aromatic nitrogens is 1. The van der Waals surface area contributed by atoms with Gasteiger partial charge in [0.15, 0.2) is 0 Å². The van der Waals surface area contributed by atoms with Crippen molar-refractivity contribution in [3.63, 3.8) is 0 Å². The average Bonchev–Trinajstić information content (AvgIpc) is 2.63. The number of hydrogen-bond acceptors (Lipinski definition) is 4. The van der Waals surface area contributed by atoms with Gasteiger partial charge in [0.2, 0.25) is 0 Å². The van der Waals surface area contributed by atoms with Gasteiger partial charge >= 0.3 is 0 Å². The van der Waals surface area contributed by atoms with Crippen molar-refractivity contribution in [1.82, 2.24) is 5.01 Å². The molecular formula is C18H23N4O+. The Morgan fingerprint density at radius 1 is 1.09 bits per heavy atom. The fourth-order valence-electron chi connectivity index (χ4n) is 2.60. The summed E-state index contributed by atoms with van der Waals surface area (Å²) in [5.41, 5.74) is 1.09. The summed E-state index contributed by atoms with van der Waals surface area (Å²) < 4.78 is 5.45. The first-order valence-electron chi connectivity index (χ1n) is 8.08. The minimum Gasteiger partial charge on any atom is -0.494 e. The van der Waals surface area contributed by atoms with Gasteiger partial charge in [0.25, 0.3) is 5.82 Å². The van der Waals surface area contributed by atoms with Crippen LogP contribution >= 0.6 is 0 Å². The van der Waals surface area contributed by atoms with Gasteiger partial charge in [-0.1, -0.05) is 6.07 Å². The third-order valence-corrected chi connectivity index (χ3v) is 3.85. The molecule has 0 radical (unpaired) electrons. The number of ether oxygens (including phenoxy) is 1. The van der Waals surface area contributed by atoms with Crippen LogP contribution in [0, 0.1) is 0 Å². The van der Waals surface area contributed by atoms with Gasteiger partial charge < -0.3 is 4.74 Å². The van der Waals surface area contributed by atoms with E-state index in [4.69, 9.17) is 4.74 Å². The van der Waals surface area contributed by atoms with Crippen molar-refractivity contribution in [3.05, 3.63) is 54.2 Å². The van der Waals surface area contributed by atoms with Crippen molar-refractivity contribution >= 4 is 12.0 Å². The number of nitrogens with one attached hydrogen (secondary N) is 1. The average molecular weight is 311 g/mol. The molecule has 1 aromatic heterocycles. The molecule has 1 saturated heterocycles. The summed E-state index contributed by atoms with van der Waals surface area (Å²) in [4.78, 5) is 5.63. The highest BCUT2D eigenvalue weighted by Gasteiger charge is 2.21. The van der Waals surface area contributed by atoms with Crippen LogP contribution in [0.2, 0.25) is 0 Å². The zero-order valence-electron chi connectivity index (χ0n) is 13.5. The summed E-state index contributed by atoms with van der Waals surface area (Å²) >= 11 is 0. The lowest BCUT2D eigenvalue weighted by Gasteiger charge is -2.28. The summed E-state index contributed by atoms with van der Waals surface area (Å²) in [5.74, 6) is 2.07. The fraction of sp³-hybridized carbons (Fsp3) is 0.333. The van der Waals surface area contributed by atoms with Gasteiger partial charge in [-0.25, -0.2) is 4.98 Å². The molecule has 120 valence electrons. The van der Waals surface area contributed by atoms with Crippen molar-refractivity contribution in [2.75, 3.05) is 37.7 Å². The normalized spacial score (nSPS) is 15.2. The van der Waals surface area contributed by atoms with Crippen LogP contribution in [-0.4, -0.2) is 44.0 Å². The Bertz CT molecular complexity index is 619. The van der Waals surface area contributed by atoms with Gasteiger partial charge in [-0.15, -0.1) is 0 Å². The molecule has 23 heavy (non-hydrogen) atoms. The van der Waals surface area contributed by atoms with Crippen LogP contribution in [0.25, 0.3) is 0 Å². The number of nitrogens with zero attached hydrogens (tertiary/aromatic N) is 3. The topological polar surface area (TPSA) is 42.2 Å². The van der Waals surface area contributed by atoms with Gasteiger partial charge in [-0.3, -0.25) is 9.91 Å². The zero-order valence-corrected chi connectivity index (χ0v) is 13.5. The van der Waals surface area contributed by atoms with Gasteiger partial charge in [-0.05, 0) is 42.8 Å². The quantitative estimate of drug-likeness (QED) is 0.794. The molecule has 1 aliphatic heterocycles. The van der Waals surface area contributed by atoms with Crippen molar-refractivity contribution < 1.29 is 9.72 Å². The largest absolute Gasteiger partial charge is 0.494 e. The van der Waals surface area contributed by atoms with Crippen LogP contribution in [0.5, 0.6) is 5.75 Å². The molecule has 2 heterocycles. The Labute approximate surface area is 137 Å². The lowest BCUT2D eigenvalue weighted by Crippen LogP contribution is -2.45. The molecule has 1 aliphatic rings. The second-order valence-electron chi connectivity index (χ2n) is 5.44. The number of piperazine rings is 1. The maximum Gasteiger partial charge on any atom is 0.274 e. The summed E-state index contributed by atoms with van der Waals surface area (Å²) in [7, 11) is 0. The van der Waals surface area contributed by atoms with E-state index < -0.39 is 0 Å². The predicted molar refractivity (Wildman–Crippen MR) is 92.0 cm³/mol. The molecule has 0 aliphatic carbocycles. The van der Waals surface area contributed by atoms with Crippen LogP contribution < -0.4 is 14.6 Å². The second-order valence-corrected chi connectivity index (χ2v) is 5.44. The standard InChI is InChI=1S/C18H22N4O/c1-2-23-17-8-6-16(7-9-17)15-20-22-13-11-21(12-14-22)18-5-3-4-10-19-18/h3-10,15H,2,11-14H2,1H3/p+1. The highest BCUT2D eigenvalue weighted by Crippen LogP contribution is 2.12. The first-order valence-corrected chi connectivity index (χ1v) is 8.08. The minimum atomic E-state index is 0.691. The molecule has 1 N–H and O–H groups in total. The second kappa shape index (κ2) is 7.63. The van der Waals surface area contributed by atoms with E-state index in [-0.39, 0.29) is 0 Å². The number of anilines is 1. The molecule has 0 atom stereocenters. The Balaban J connectivity index is 1.52. The lowest BCUT2D eigenvalue weighted by atomic mass is 10.2.